The van der Waals surface area contributed by atoms with Crippen molar-refractivity contribution in [3.8, 4) is 0 Å². The minimum Gasteiger partial charge on any atom is -0.459 e. The Morgan fingerprint density at radius 3 is 2.22 bits per heavy atom. The molecule has 4 rings (SSSR count). The molecule has 2 heterocycles. The molecule has 11 heteroatoms. The highest BCUT2D eigenvalue weighted by molar-refractivity contribution is 6.28. The molecule has 0 fully saturated rings. The number of nitrogens with zero attached hydrogens (tertiary/aromatic N) is 4. The molecule has 0 aliphatic carbocycles. The number of halogens is 1. The molecule has 1 unspecified atom stereocenters. The molecule has 10 nitrogen and oxygen atoms in total. The maximum Gasteiger partial charge on any atom is 0.338 e. The van der Waals surface area contributed by atoms with E-state index in [1.165, 1.54) is 6.33 Å². The zero-order chi connectivity index (χ0) is 25.7. The third-order valence-corrected chi connectivity index (χ3v) is 5.57. The summed E-state index contributed by atoms with van der Waals surface area (Å²) in [5.41, 5.74) is 7.41. The zero-order valence-corrected chi connectivity index (χ0v) is 20.3. The van der Waals surface area contributed by atoms with Crippen LogP contribution in [0.15, 0.2) is 67.0 Å². The first-order valence-electron chi connectivity index (χ1n) is 11.1. The number of imidazole rings is 1. The number of anilines is 1. The zero-order valence-electron chi connectivity index (χ0n) is 19.6. The molecule has 2 N–H and O–H groups in total. The second kappa shape index (κ2) is 11.1. The smallest absolute Gasteiger partial charge is 0.338 e. The molecule has 0 radical (unpaired) electrons. The standard InChI is InChI=1S/C25H24ClN5O5/c1-15(35-24(33)18-11-7-4-8-12-18)19(13-34-23(32)17-9-5-3-6-10-17)36-16(2)31-14-28-20-21(27)29-25(26)30-22(20)31/h3-12,14-16,19H,13H2,1-2H3,(H2,27,29,30)/t15?,16-,19-/m1/s1. The highest BCUT2D eigenvalue weighted by Crippen LogP contribution is 2.24. The molecule has 2 aromatic carbocycles. The van der Waals surface area contributed by atoms with Gasteiger partial charge in [-0.05, 0) is 49.7 Å². The maximum atomic E-state index is 12.6. The van der Waals surface area contributed by atoms with Crippen molar-refractivity contribution in [2.75, 3.05) is 12.3 Å². The number of aromatic nitrogens is 4. The molecule has 0 aliphatic heterocycles. The summed E-state index contributed by atoms with van der Waals surface area (Å²) in [5, 5.41) is -0.0348. The number of hydrogen-bond donors (Lipinski definition) is 1. The molecular formula is C25H24ClN5O5. The van der Waals surface area contributed by atoms with Gasteiger partial charge in [-0.1, -0.05) is 36.4 Å². The fraction of sp³-hybridized carbons (Fsp3) is 0.240. The Kier molecular flexibility index (Phi) is 7.77. The molecule has 0 saturated heterocycles. The lowest BCUT2D eigenvalue weighted by Gasteiger charge is -2.27. The molecular weight excluding hydrogens is 486 g/mol. The molecule has 2 aromatic heterocycles. The predicted octanol–water partition coefficient (Wildman–Crippen LogP) is 4.07. The van der Waals surface area contributed by atoms with Gasteiger partial charge < -0.3 is 19.9 Å². The van der Waals surface area contributed by atoms with Crippen molar-refractivity contribution < 1.29 is 23.8 Å². The molecule has 36 heavy (non-hydrogen) atoms. The molecule has 0 spiro atoms. The van der Waals surface area contributed by atoms with E-state index in [4.69, 9.17) is 31.5 Å². The number of nitrogen functional groups attached to an aromatic ring is 1. The van der Waals surface area contributed by atoms with Crippen LogP contribution in [0.2, 0.25) is 5.28 Å². The summed E-state index contributed by atoms with van der Waals surface area (Å²) in [5.74, 6) is -0.924. The van der Waals surface area contributed by atoms with Crippen LogP contribution in [0, 0.1) is 0 Å². The highest BCUT2D eigenvalue weighted by atomic mass is 35.5. The van der Waals surface area contributed by atoms with Gasteiger partial charge in [-0.25, -0.2) is 14.6 Å². The third kappa shape index (κ3) is 5.78. The number of rotatable bonds is 9. The number of benzene rings is 2. The van der Waals surface area contributed by atoms with Gasteiger partial charge in [-0.2, -0.15) is 9.97 Å². The monoisotopic (exact) mass is 509 g/mol. The number of nitrogens with two attached hydrogens (primary N) is 1. The first-order valence-corrected chi connectivity index (χ1v) is 11.5. The summed E-state index contributed by atoms with van der Waals surface area (Å²) >= 11 is 5.97. The number of esters is 2. The van der Waals surface area contributed by atoms with Crippen molar-refractivity contribution in [3.05, 3.63) is 83.4 Å². The van der Waals surface area contributed by atoms with Crippen molar-refractivity contribution in [3.63, 3.8) is 0 Å². The number of hydrogen-bond acceptors (Lipinski definition) is 9. The minimum atomic E-state index is -0.826. The average molecular weight is 510 g/mol. The Morgan fingerprint density at radius 2 is 1.58 bits per heavy atom. The SMILES string of the molecule is CC(OC(=O)c1ccccc1)[C@@H](COC(=O)c1ccccc1)O[C@H](C)n1cnc2c(N)nc(Cl)nc21. The van der Waals surface area contributed by atoms with E-state index >= 15 is 0 Å². The number of ether oxygens (including phenoxy) is 3. The summed E-state index contributed by atoms with van der Waals surface area (Å²) in [7, 11) is 0. The number of carbonyl (C=O) groups excluding carboxylic acids is 2. The summed E-state index contributed by atoms with van der Waals surface area (Å²) in [6, 6.07) is 17.1. The van der Waals surface area contributed by atoms with Crippen molar-refractivity contribution in [2.24, 2.45) is 0 Å². The van der Waals surface area contributed by atoms with Crippen LogP contribution < -0.4 is 5.73 Å². The van der Waals surface area contributed by atoms with E-state index in [0.717, 1.165) is 0 Å². The van der Waals surface area contributed by atoms with Crippen LogP contribution in [0.3, 0.4) is 0 Å². The molecule has 3 atom stereocenters. The van der Waals surface area contributed by atoms with Gasteiger partial charge in [0, 0.05) is 0 Å². The second-order valence-electron chi connectivity index (χ2n) is 7.92. The predicted molar refractivity (Wildman–Crippen MR) is 132 cm³/mol. The summed E-state index contributed by atoms with van der Waals surface area (Å²) < 4.78 is 18.9. The summed E-state index contributed by atoms with van der Waals surface area (Å²) in [6.45, 7) is 3.23. The Bertz CT molecular complexity index is 1350. The van der Waals surface area contributed by atoms with Gasteiger partial charge >= 0.3 is 11.9 Å². The largest absolute Gasteiger partial charge is 0.459 e. The van der Waals surface area contributed by atoms with Crippen molar-refractivity contribution in [2.45, 2.75) is 32.3 Å². The quantitative estimate of drug-likeness (QED) is 0.262. The van der Waals surface area contributed by atoms with Crippen LogP contribution in [0.25, 0.3) is 11.2 Å². The topological polar surface area (TPSA) is 131 Å². The first-order chi connectivity index (χ1) is 17.3. The number of carbonyl (C=O) groups is 2. The molecule has 0 bridgehead atoms. The fourth-order valence-electron chi connectivity index (χ4n) is 3.48. The van der Waals surface area contributed by atoms with Crippen LogP contribution in [-0.4, -0.2) is 50.3 Å². The summed E-state index contributed by atoms with van der Waals surface area (Å²) in [6.07, 6.45) is -0.780. The van der Waals surface area contributed by atoms with Crippen LogP contribution in [0.4, 0.5) is 5.82 Å². The maximum absolute atomic E-state index is 12.6. The van der Waals surface area contributed by atoms with Gasteiger partial charge in [-0.15, -0.1) is 0 Å². The lowest BCUT2D eigenvalue weighted by atomic mass is 10.2. The van der Waals surface area contributed by atoms with E-state index in [-0.39, 0.29) is 17.7 Å². The lowest BCUT2D eigenvalue weighted by molar-refractivity contribution is -0.116. The highest BCUT2D eigenvalue weighted by Gasteiger charge is 2.28. The second-order valence-corrected chi connectivity index (χ2v) is 8.25. The van der Waals surface area contributed by atoms with Gasteiger partial charge in [0.25, 0.3) is 0 Å². The number of fused-ring (bicyclic) bond motifs is 1. The Hall–Kier alpha value is -4.02. The van der Waals surface area contributed by atoms with E-state index in [9.17, 15) is 9.59 Å². The van der Waals surface area contributed by atoms with E-state index in [1.54, 1.807) is 79.1 Å². The lowest BCUT2D eigenvalue weighted by Crippen LogP contribution is -2.37. The van der Waals surface area contributed by atoms with Crippen LogP contribution in [-0.2, 0) is 14.2 Å². The Balaban J connectivity index is 1.53. The fourth-order valence-corrected chi connectivity index (χ4v) is 3.65. The van der Waals surface area contributed by atoms with Crippen molar-refractivity contribution in [1.82, 2.24) is 19.5 Å². The van der Waals surface area contributed by atoms with Crippen molar-refractivity contribution in [1.29, 1.82) is 0 Å². The summed E-state index contributed by atoms with van der Waals surface area (Å²) in [4.78, 5) is 37.5. The van der Waals surface area contributed by atoms with Gasteiger partial charge in [0.15, 0.2) is 11.5 Å². The van der Waals surface area contributed by atoms with Crippen molar-refractivity contribution >= 4 is 40.5 Å². The third-order valence-electron chi connectivity index (χ3n) is 5.40. The Labute approximate surface area is 212 Å². The van der Waals surface area contributed by atoms with Gasteiger partial charge in [0.1, 0.15) is 30.6 Å². The van der Waals surface area contributed by atoms with E-state index in [1.807, 2.05) is 0 Å². The minimum absolute atomic E-state index is 0.0348. The average Bonchev–Trinajstić information content (AvgIpc) is 3.31. The molecule has 4 aromatic rings. The molecule has 0 amide bonds. The van der Waals surface area contributed by atoms with Crippen LogP contribution in [0.5, 0.6) is 0 Å². The van der Waals surface area contributed by atoms with E-state index in [0.29, 0.717) is 22.3 Å². The van der Waals surface area contributed by atoms with Gasteiger partial charge in [-0.3, -0.25) is 4.57 Å². The van der Waals surface area contributed by atoms with Gasteiger partial charge in [0.2, 0.25) is 5.28 Å². The molecule has 0 saturated carbocycles. The van der Waals surface area contributed by atoms with E-state index < -0.39 is 30.4 Å². The normalized spacial score (nSPS) is 13.6. The van der Waals surface area contributed by atoms with Crippen LogP contribution >= 0.6 is 11.6 Å². The Morgan fingerprint density at radius 1 is 0.972 bits per heavy atom. The van der Waals surface area contributed by atoms with E-state index in [2.05, 4.69) is 15.0 Å². The first kappa shape index (κ1) is 25.1. The van der Waals surface area contributed by atoms with Gasteiger partial charge in [0.05, 0.1) is 17.5 Å². The molecule has 0 aliphatic rings. The molecule has 186 valence electrons. The van der Waals surface area contributed by atoms with Crippen LogP contribution in [0.1, 0.15) is 40.8 Å².